The molecule has 0 fully saturated rings. The van der Waals surface area contributed by atoms with E-state index in [2.05, 4.69) is 15.3 Å². The van der Waals surface area contributed by atoms with Crippen molar-refractivity contribution in [1.82, 2.24) is 9.97 Å². The van der Waals surface area contributed by atoms with E-state index in [1.807, 2.05) is 0 Å². The fourth-order valence-electron chi connectivity index (χ4n) is 1.15. The molecule has 0 aliphatic heterocycles. The summed E-state index contributed by atoms with van der Waals surface area (Å²) in [7, 11) is 1.54. The normalized spacial score (nSPS) is 12.4. The topological polar surface area (TPSA) is 93.3 Å². The molecule has 0 saturated heterocycles. The zero-order valence-corrected chi connectivity index (χ0v) is 9.74. The van der Waals surface area contributed by atoms with E-state index in [9.17, 15) is 5.11 Å². The summed E-state index contributed by atoms with van der Waals surface area (Å²) >= 11 is 5.72. The molecule has 0 aliphatic rings. The third-order valence-electron chi connectivity index (χ3n) is 1.96. The van der Waals surface area contributed by atoms with Crippen LogP contribution < -0.4 is 11.1 Å². The fourth-order valence-corrected chi connectivity index (χ4v) is 1.28. The van der Waals surface area contributed by atoms with Gasteiger partial charge in [0.25, 0.3) is 0 Å². The summed E-state index contributed by atoms with van der Waals surface area (Å²) < 4.78 is 4.80. The lowest BCUT2D eigenvalue weighted by molar-refractivity contribution is 0.0615. The summed E-state index contributed by atoms with van der Waals surface area (Å²) in [4.78, 5) is 7.67. The van der Waals surface area contributed by atoms with Gasteiger partial charge in [0.2, 0.25) is 0 Å². The van der Waals surface area contributed by atoms with Crippen molar-refractivity contribution in [2.75, 3.05) is 31.3 Å². The maximum Gasteiger partial charge on any atom is 0.157 e. The maximum absolute atomic E-state index is 9.40. The average molecular weight is 247 g/mol. The Hall–Kier alpha value is -1.11. The molecule has 1 atom stereocenters. The minimum absolute atomic E-state index is 0.218. The number of anilines is 2. The molecule has 0 aromatic carbocycles. The fraction of sp³-hybridized carbons (Fsp3) is 0.556. The average Bonchev–Trinajstić information content (AvgIpc) is 2.25. The first-order valence-electron chi connectivity index (χ1n) is 4.82. The van der Waals surface area contributed by atoms with E-state index >= 15 is 0 Å². The highest BCUT2D eigenvalue weighted by atomic mass is 35.5. The van der Waals surface area contributed by atoms with Crippen LogP contribution in [-0.2, 0) is 4.74 Å². The van der Waals surface area contributed by atoms with Crippen LogP contribution in [0.4, 0.5) is 11.5 Å². The van der Waals surface area contributed by atoms with Gasteiger partial charge >= 0.3 is 0 Å². The molecule has 0 radical (unpaired) electrons. The second kappa shape index (κ2) is 6.47. The van der Waals surface area contributed by atoms with Crippen LogP contribution in [0.1, 0.15) is 6.42 Å². The first-order valence-corrected chi connectivity index (χ1v) is 5.19. The number of rotatable bonds is 6. The Morgan fingerprint density at radius 1 is 1.62 bits per heavy atom. The molecule has 0 bridgehead atoms. The number of aliphatic hydroxyl groups is 1. The summed E-state index contributed by atoms with van der Waals surface area (Å²) in [6.07, 6.45) is 1.36. The smallest absolute Gasteiger partial charge is 0.157 e. The molecule has 0 saturated carbocycles. The van der Waals surface area contributed by atoms with Crippen molar-refractivity contribution in [1.29, 1.82) is 0 Å². The summed E-state index contributed by atoms with van der Waals surface area (Å²) in [6, 6.07) is 0. The van der Waals surface area contributed by atoms with Crippen molar-refractivity contribution >= 4 is 23.1 Å². The van der Waals surface area contributed by atoms with Crippen LogP contribution >= 0.6 is 11.6 Å². The Kier molecular flexibility index (Phi) is 5.24. The van der Waals surface area contributed by atoms with Gasteiger partial charge < -0.3 is 20.9 Å². The standard InChI is InChI=1S/C9H15ClN4O2/c1-16-4-6(15)2-3-12-9-7(11)8(10)13-5-14-9/h5-6,15H,2-4,11H2,1H3,(H,12,13,14). The number of aliphatic hydroxyl groups excluding tert-OH is 1. The number of methoxy groups -OCH3 is 1. The van der Waals surface area contributed by atoms with Crippen molar-refractivity contribution in [3.8, 4) is 0 Å². The first-order chi connectivity index (χ1) is 7.65. The van der Waals surface area contributed by atoms with Gasteiger partial charge in [-0.3, -0.25) is 0 Å². The Labute approximate surface area is 98.8 Å². The molecule has 1 aromatic rings. The molecule has 1 heterocycles. The highest BCUT2D eigenvalue weighted by molar-refractivity contribution is 6.32. The van der Waals surface area contributed by atoms with Crippen LogP contribution in [0.15, 0.2) is 6.33 Å². The molecule has 90 valence electrons. The van der Waals surface area contributed by atoms with Gasteiger partial charge in [-0.2, -0.15) is 0 Å². The van der Waals surface area contributed by atoms with E-state index in [0.29, 0.717) is 31.1 Å². The van der Waals surface area contributed by atoms with E-state index in [4.69, 9.17) is 22.1 Å². The van der Waals surface area contributed by atoms with Gasteiger partial charge in [-0.15, -0.1) is 0 Å². The van der Waals surface area contributed by atoms with Gasteiger partial charge in [0.15, 0.2) is 11.0 Å². The zero-order chi connectivity index (χ0) is 12.0. The minimum atomic E-state index is -0.504. The lowest BCUT2D eigenvalue weighted by atomic mass is 10.2. The number of nitrogens with zero attached hydrogens (tertiary/aromatic N) is 2. The first kappa shape index (κ1) is 13.0. The van der Waals surface area contributed by atoms with Gasteiger partial charge in [0, 0.05) is 13.7 Å². The third-order valence-corrected chi connectivity index (χ3v) is 2.27. The molecule has 6 nitrogen and oxygen atoms in total. The number of aromatic nitrogens is 2. The summed E-state index contributed by atoms with van der Waals surface area (Å²) in [5.41, 5.74) is 5.96. The van der Waals surface area contributed by atoms with Crippen molar-refractivity contribution in [2.24, 2.45) is 0 Å². The molecule has 1 unspecified atom stereocenters. The van der Waals surface area contributed by atoms with Gasteiger partial charge in [-0.05, 0) is 6.42 Å². The molecular formula is C9H15ClN4O2. The van der Waals surface area contributed by atoms with Crippen molar-refractivity contribution in [3.05, 3.63) is 11.5 Å². The van der Waals surface area contributed by atoms with Crippen LogP contribution in [0.3, 0.4) is 0 Å². The Bertz CT molecular complexity index is 337. The number of halogens is 1. The Morgan fingerprint density at radius 2 is 2.38 bits per heavy atom. The molecule has 7 heteroatoms. The molecular weight excluding hydrogens is 232 g/mol. The van der Waals surface area contributed by atoms with E-state index in [1.165, 1.54) is 6.33 Å². The number of ether oxygens (including phenoxy) is 1. The van der Waals surface area contributed by atoms with Crippen LogP contribution in [0, 0.1) is 0 Å². The summed E-state index contributed by atoms with van der Waals surface area (Å²) in [6.45, 7) is 0.837. The van der Waals surface area contributed by atoms with Crippen LogP contribution in [-0.4, -0.2) is 41.4 Å². The quantitative estimate of drug-likeness (QED) is 0.634. The van der Waals surface area contributed by atoms with E-state index in [-0.39, 0.29) is 5.15 Å². The molecule has 4 N–H and O–H groups in total. The number of hydrogen-bond donors (Lipinski definition) is 3. The monoisotopic (exact) mass is 246 g/mol. The van der Waals surface area contributed by atoms with E-state index in [0.717, 1.165) is 0 Å². The van der Waals surface area contributed by atoms with Gasteiger partial charge in [0.05, 0.1) is 12.7 Å². The molecule has 1 aromatic heterocycles. The Morgan fingerprint density at radius 3 is 3.06 bits per heavy atom. The van der Waals surface area contributed by atoms with Crippen LogP contribution in [0.5, 0.6) is 0 Å². The lowest BCUT2D eigenvalue weighted by Gasteiger charge is -2.11. The van der Waals surface area contributed by atoms with Gasteiger partial charge in [-0.25, -0.2) is 9.97 Å². The van der Waals surface area contributed by atoms with Gasteiger partial charge in [-0.1, -0.05) is 11.6 Å². The molecule has 16 heavy (non-hydrogen) atoms. The molecule has 0 aliphatic carbocycles. The van der Waals surface area contributed by atoms with E-state index < -0.39 is 6.10 Å². The number of nitrogens with one attached hydrogen (secondary N) is 1. The van der Waals surface area contributed by atoms with Crippen LogP contribution in [0.2, 0.25) is 5.15 Å². The van der Waals surface area contributed by atoms with Gasteiger partial charge in [0.1, 0.15) is 12.0 Å². The highest BCUT2D eigenvalue weighted by Crippen LogP contribution is 2.21. The molecule has 1 rings (SSSR count). The van der Waals surface area contributed by atoms with Crippen LogP contribution in [0.25, 0.3) is 0 Å². The number of hydrogen-bond acceptors (Lipinski definition) is 6. The second-order valence-corrected chi connectivity index (χ2v) is 3.61. The van der Waals surface area contributed by atoms with Crippen molar-refractivity contribution in [2.45, 2.75) is 12.5 Å². The molecule has 0 spiro atoms. The predicted octanol–water partition coefficient (Wildman–Crippen LogP) is 0.521. The predicted molar refractivity (Wildman–Crippen MR) is 62.4 cm³/mol. The number of nitrogen functional groups attached to an aromatic ring is 1. The van der Waals surface area contributed by atoms with Crippen molar-refractivity contribution in [3.63, 3.8) is 0 Å². The lowest BCUT2D eigenvalue weighted by Crippen LogP contribution is -2.19. The largest absolute Gasteiger partial charge is 0.393 e. The third kappa shape index (κ3) is 3.80. The maximum atomic E-state index is 9.40. The zero-order valence-electron chi connectivity index (χ0n) is 8.98. The SMILES string of the molecule is COCC(O)CCNc1ncnc(Cl)c1N. The van der Waals surface area contributed by atoms with Crippen molar-refractivity contribution < 1.29 is 9.84 Å². The minimum Gasteiger partial charge on any atom is -0.393 e. The Balaban J connectivity index is 2.40. The number of nitrogens with two attached hydrogens (primary N) is 1. The summed E-state index contributed by atoms with van der Waals surface area (Å²) in [5.74, 6) is 0.476. The summed E-state index contributed by atoms with van der Waals surface area (Å²) in [5, 5.41) is 12.6. The van der Waals surface area contributed by atoms with E-state index in [1.54, 1.807) is 7.11 Å². The molecule has 0 amide bonds. The highest BCUT2D eigenvalue weighted by Gasteiger charge is 2.07. The second-order valence-electron chi connectivity index (χ2n) is 3.25.